The number of nitrogens with zero attached hydrogens (tertiary/aromatic N) is 3. The van der Waals surface area contributed by atoms with Crippen LogP contribution in [-0.2, 0) is 16.1 Å². The van der Waals surface area contributed by atoms with Crippen LogP contribution in [0.15, 0.2) is 37.1 Å². The van der Waals surface area contributed by atoms with Gasteiger partial charge in [-0.25, -0.2) is 9.97 Å². The zero-order valence-corrected chi connectivity index (χ0v) is 11.9. The number of hydrogen-bond acceptors (Lipinski definition) is 4. The molecule has 1 aliphatic rings. The predicted octanol–water partition coefficient (Wildman–Crippen LogP) is 1.31. The van der Waals surface area contributed by atoms with E-state index in [9.17, 15) is 4.79 Å². The summed E-state index contributed by atoms with van der Waals surface area (Å²) >= 11 is 0. The SMILES string of the molecule is CC1OCCC1C(=O)NCc1ccc(-n2ccnc2)nc1. The average Bonchev–Trinajstić information content (AvgIpc) is 3.16. The number of hydrogen-bond donors (Lipinski definition) is 1. The van der Waals surface area contributed by atoms with E-state index in [1.54, 1.807) is 18.7 Å². The minimum atomic E-state index is -0.0387. The van der Waals surface area contributed by atoms with E-state index < -0.39 is 0 Å². The second-order valence-corrected chi connectivity index (χ2v) is 5.18. The smallest absolute Gasteiger partial charge is 0.226 e. The van der Waals surface area contributed by atoms with Crippen LogP contribution in [0.25, 0.3) is 5.82 Å². The molecule has 3 rings (SSSR count). The van der Waals surface area contributed by atoms with Crippen LogP contribution in [0.2, 0.25) is 0 Å². The molecule has 21 heavy (non-hydrogen) atoms. The Bertz CT molecular complexity index is 595. The van der Waals surface area contributed by atoms with Crippen molar-refractivity contribution in [1.29, 1.82) is 0 Å². The molecule has 2 atom stereocenters. The molecule has 2 unspecified atom stereocenters. The number of amides is 1. The van der Waals surface area contributed by atoms with Crippen molar-refractivity contribution < 1.29 is 9.53 Å². The normalized spacial score (nSPS) is 21.4. The van der Waals surface area contributed by atoms with E-state index in [2.05, 4.69) is 15.3 Å². The Morgan fingerprint density at radius 3 is 3.05 bits per heavy atom. The quantitative estimate of drug-likeness (QED) is 0.920. The van der Waals surface area contributed by atoms with E-state index >= 15 is 0 Å². The number of imidazole rings is 1. The van der Waals surface area contributed by atoms with Crippen molar-refractivity contribution in [2.75, 3.05) is 6.61 Å². The highest BCUT2D eigenvalue weighted by atomic mass is 16.5. The summed E-state index contributed by atoms with van der Waals surface area (Å²) in [5.41, 5.74) is 0.971. The molecule has 1 N–H and O–H groups in total. The van der Waals surface area contributed by atoms with Gasteiger partial charge in [-0.05, 0) is 25.0 Å². The van der Waals surface area contributed by atoms with Crippen LogP contribution in [0.5, 0.6) is 0 Å². The van der Waals surface area contributed by atoms with Gasteiger partial charge in [-0.15, -0.1) is 0 Å². The van der Waals surface area contributed by atoms with Crippen molar-refractivity contribution in [3.63, 3.8) is 0 Å². The first-order valence-electron chi connectivity index (χ1n) is 7.06. The minimum Gasteiger partial charge on any atom is -0.378 e. The van der Waals surface area contributed by atoms with E-state index in [0.29, 0.717) is 13.2 Å². The number of pyridine rings is 1. The van der Waals surface area contributed by atoms with Gasteiger partial charge in [-0.3, -0.25) is 9.36 Å². The zero-order valence-electron chi connectivity index (χ0n) is 11.9. The Labute approximate surface area is 123 Å². The van der Waals surface area contributed by atoms with Crippen molar-refractivity contribution in [2.24, 2.45) is 5.92 Å². The number of carbonyl (C=O) groups is 1. The second kappa shape index (κ2) is 6.05. The zero-order chi connectivity index (χ0) is 14.7. The van der Waals surface area contributed by atoms with Crippen molar-refractivity contribution in [3.05, 3.63) is 42.6 Å². The Hall–Kier alpha value is -2.21. The van der Waals surface area contributed by atoms with Crippen LogP contribution in [0.4, 0.5) is 0 Å². The predicted molar refractivity (Wildman–Crippen MR) is 76.7 cm³/mol. The monoisotopic (exact) mass is 286 g/mol. The van der Waals surface area contributed by atoms with Crippen LogP contribution in [-0.4, -0.2) is 33.2 Å². The van der Waals surface area contributed by atoms with Gasteiger partial charge in [0.25, 0.3) is 0 Å². The van der Waals surface area contributed by atoms with Crippen LogP contribution >= 0.6 is 0 Å². The van der Waals surface area contributed by atoms with Gasteiger partial charge in [0.2, 0.25) is 5.91 Å². The summed E-state index contributed by atoms with van der Waals surface area (Å²) in [5.74, 6) is 0.822. The summed E-state index contributed by atoms with van der Waals surface area (Å²) in [7, 11) is 0. The van der Waals surface area contributed by atoms with Gasteiger partial charge in [-0.1, -0.05) is 6.07 Å². The first-order chi connectivity index (χ1) is 10.2. The van der Waals surface area contributed by atoms with Crippen LogP contribution < -0.4 is 5.32 Å². The highest BCUT2D eigenvalue weighted by Crippen LogP contribution is 2.20. The maximum atomic E-state index is 12.1. The Morgan fingerprint density at radius 2 is 2.43 bits per heavy atom. The summed E-state index contributed by atoms with van der Waals surface area (Å²) in [6, 6.07) is 3.86. The van der Waals surface area contributed by atoms with E-state index in [1.165, 1.54) is 0 Å². The molecule has 0 aromatic carbocycles. The Balaban J connectivity index is 1.57. The molecular formula is C15H18N4O2. The lowest BCUT2D eigenvalue weighted by Gasteiger charge is -2.14. The standard InChI is InChI=1S/C15H18N4O2/c1-11-13(4-7-21-11)15(20)18-9-12-2-3-14(17-8-12)19-6-5-16-10-19/h2-3,5-6,8,10-11,13H,4,7,9H2,1H3,(H,18,20). The lowest BCUT2D eigenvalue weighted by Crippen LogP contribution is -2.33. The molecule has 2 aromatic rings. The molecule has 1 fully saturated rings. The van der Waals surface area contributed by atoms with Crippen LogP contribution in [0, 0.1) is 5.92 Å². The van der Waals surface area contributed by atoms with Crippen molar-refractivity contribution in [1.82, 2.24) is 19.9 Å². The highest BCUT2D eigenvalue weighted by molar-refractivity contribution is 5.79. The Kier molecular flexibility index (Phi) is 3.96. The minimum absolute atomic E-state index is 0.00624. The van der Waals surface area contributed by atoms with E-state index in [4.69, 9.17) is 4.74 Å². The maximum Gasteiger partial charge on any atom is 0.226 e. The van der Waals surface area contributed by atoms with Gasteiger partial charge in [0, 0.05) is 31.7 Å². The number of ether oxygens (including phenoxy) is 1. The molecule has 3 heterocycles. The van der Waals surface area contributed by atoms with Gasteiger partial charge in [0.1, 0.15) is 12.1 Å². The van der Waals surface area contributed by atoms with Gasteiger partial charge in [-0.2, -0.15) is 0 Å². The summed E-state index contributed by atoms with van der Waals surface area (Å²) < 4.78 is 7.25. The Morgan fingerprint density at radius 1 is 1.52 bits per heavy atom. The summed E-state index contributed by atoms with van der Waals surface area (Å²) in [4.78, 5) is 20.4. The third kappa shape index (κ3) is 3.11. The molecular weight excluding hydrogens is 268 g/mol. The molecule has 0 spiro atoms. The first kappa shape index (κ1) is 13.8. The van der Waals surface area contributed by atoms with Crippen molar-refractivity contribution >= 4 is 5.91 Å². The number of carbonyl (C=O) groups excluding carboxylic acids is 1. The molecule has 6 heteroatoms. The molecule has 6 nitrogen and oxygen atoms in total. The fraction of sp³-hybridized carbons (Fsp3) is 0.400. The van der Waals surface area contributed by atoms with Gasteiger partial charge in [0.05, 0.1) is 12.0 Å². The van der Waals surface area contributed by atoms with Gasteiger partial charge >= 0.3 is 0 Å². The van der Waals surface area contributed by atoms with Crippen molar-refractivity contribution in [2.45, 2.75) is 26.0 Å². The lowest BCUT2D eigenvalue weighted by molar-refractivity contribution is -0.126. The molecule has 110 valence electrons. The molecule has 0 radical (unpaired) electrons. The number of aromatic nitrogens is 3. The largest absolute Gasteiger partial charge is 0.378 e. The van der Waals surface area contributed by atoms with Gasteiger partial charge < -0.3 is 10.1 Å². The number of rotatable bonds is 4. The fourth-order valence-electron chi connectivity index (χ4n) is 2.46. The molecule has 1 amide bonds. The molecule has 0 aliphatic carbocycles. The highest BCUT2D eigenvalue weighted by Gasteiger charge is 2.30. The molecule has 2 aromatic heterocycles. The number of nitrogens with one attached hydrogen (secondary N) is 1. The molecule has 1 saturated heterocycles. The summed E-state index contributed by atoms with van der Waals surface area (Å²) in [6.07, 6.45) is 7.82. The molecule has 1 aliphatic heterocycles. The summed E-state index contributed by atoms with van der Waals surface area (Å²) in [5, 5.41) is 2.95. The van der Waals surface area contributed by atoms with Gasteiger partial charge in [0.15, 0.2) is 0 Å². The van der Waals surface area contributed by atoms with E-state index in [-0.39, 0.29) is 17.9 Å². The lowest BCUT2D eigenvalue weighted by atomic mass is 10.0. The summed E-state index contributed by atoms with van der Waals surface area (Å²) in [6.45, 7) is 3.10. The molecule has 0 saturated carbocycles. The van der Waals surface area contributed by atoms with E-state index in [0.717, 1.165) is 17.8 Å². The second-order valence-electron chi connectivity index (χ2n) is 5.18. The average molecular weight is 286 g/mol. The molecule has 0 bridgehead atoms. The van der Waals surface area contributed by atoms with E-state index in [1.807, 2.05) is 29.8 Å². The third-order valence-corrected chi connectivity index (χ3v) is 3.76. The maximum absolute atomic E-state index is 12.1. The third-order valence-electron chi connectivity index (χ3n) is 3.76. The van der Waals surface area contributed by atoms with Crippen LogP contribution in [0.1, 0.15) is 18.9 Å². The first-order valence-corrected chi connectivity index (χ1v) is 7.06. The van der Waals surface area contributed by atoms with Crippen LogP contribution in [0.3, 0.4) is 0 Å². The van der Waals surface area contributed by atoms with Crippen molar-refractivity contribution in [3.8, 4) is 5.82 Å². The topological polar surface area (TPSA) is 69.0 Å². The fourth-order valence-corrected chi connectivity index (χ4v) is 2.46.